The highest BCUT2D eigenvalue weighted by Crippen LogP contribution is 2.25. The highest BCUT2D eigenvalue weighted by molar-refractivity contribution is 9.10. The van der Waals surface area contributed by atoms with Crippen molar-refractivity contribution in [3.63, 3.8) is 0 Å². The third-order valence-electron chi connectivity index (χ3n) is 3.17. The fraction of sp³-hybridized carbons (Fsp3) is 0.0667. The molecule has 0 atom stereocenters. The van der Waals surface area contributed by atoms with Gasteiger partial charge in [0.05, 0.1) is 10.9 Å². The molecule has 0 spiro atoms. The predicted octanol–water partition coefficient (Wildman–Crippen LogP) is 3.34. The van der Waals surface area contributed by atoms with E-state index in [0.717, 1.165) is 5.56 Å². The van der Waals surface area contributed by atoms with Crippen LogP contribution in [0.3, 0.4) is 0 Å². The summed E-state index contributed by atoms with van der Waals surface area (Å²) in [5.41, 5.74) is 2.45. The van der Waals surface area contributed by atoms with E-state index in [9.17, 15) is 14.0 Å². The van der Waals surface area contributed by atoms with Crippen molar-refractivity contribution in [2.24, 2.45) is 0 Å². The first-order valence-corrected chi connectivity index (χ1v) is 7.01. The van der Waals surface area contributed by atoms with Crippen LogP contribution < -0.4 is 10.6 Å². The molecule has 0 unspecified atom stereocenters. The highest BCUT2D eigenvalue weighted by atomic mass is 79.9. The van der Waals surface area contributed by atoms with Gasteiger partial charge in [-0.25, -0.2) is 4.39 Å². The number of fused-ring (bicyclic) bond motifs is 1. The summed E-state index contributed by atoms with van der Waals surface area (Å²) in [4.78, 5) is 23.4. The number of carbonyl (C=O) groups is 2. The first kappa shape index (κ1) is 13.8. The lowest BCUT2D eigenvalue weighted by atomic mass is 10.1. The Morgan fingerprint density at radius 1 is 1.24 bits per heavy atom. The Hall–Kier alpha value is -2.21. The Morgan fingerprint density at radius 3 is 2.81 bits per heavy atom. The van der Waals surface area contributed by atoms with Gasteiger partial charge >= 0.3 is 0 Å². The SMILES string of the molecule is O=C1Cc2ccc(C(=O)Nc3ccc(F)c(Br)c3)cc2N1. The highest BCUT2D eigenvalue weighted by Gasteiger charge is 2.19. The molecule has 1 heterocycles. The van der Waals surface area contributed by atoms with Crippen molar-refractivity contribution in [1.82, 2.24) is 0 Å². The molecule has 3 rings (SSSR count). The van der Waals surface area contributed by atoms with E-state index in [2.05, 4.69) is 26.6 Å². The average Bonchev–Trinajstić information content (AvgIpc) is 2.82. The number of nitrogens with one attached hydrogen (secondary N) is 2. The van der Waals surface area contributed by atoms with Crippen molar-refractivity contribution in [3.05, 3.63) is 57.8 Å². The van der Waals surface area contributed by atoms with E-state index in [0.29, 0.717) is 23.4 Å². The van der Waals surface area contributed by atoms with Crippen molar-refractivity contribution >= 4 is 39.1 Å². The Morgan fingerprint density at radius 2 is 2.05 bits per heavy atom. The zero-order valence-corrected chi connectivity index (χ0v) is 12.3. The molecule has 1 aliphatic heterocycles. The third-order valence-corrected chi connectivity index (χ3v) is 3.78. The van der Waals surface area contributed by atoms with Gasteiger partial charge in [0.1, 0.15) is 5.82 Å². The topological polar surface area (TPSA) is 58.2 Å². The number of rotatable bonds is 2. The van der Waals surface area contributed by atoms with Crippen LogP contribution in [0, 0.1) is 5.82 Å². The van der Waals surface area contributed by atoms with E-state index in [1.807, 2.05) is 0 Å². The summed E-state index contributed by atoms with van der Waals surface area (Å²) >= 11 is 3.07. The quantitative estimate of drug-likeness (QED) is 0.874. The maximum absolute atomic E-state index is 13.1. The average molecular weight is 349 g/mol. The zero-order valence-electron chi connectivity index (χ0n) is 10.7. The fourth-order valence-corrected chi connectivity index (χ4v) is 2.51. The Balaban J connectivity index is 1.81. The predicted molar refractivity (Wildman–Crippen MR) is 80.8 cm³/mol. The first-order chi connectivity index (χ1) is 10.0. The molecule has 0 saturated heterocycles. The molecule has 2 aromatic rings. The number of hydrogen-bond donors (Lipinski definition) is 2. The summed E-state index contributed by atoms with van der Waals surface area (Å²) in [6.07, 6.45) is 0.335. The molecule has 0 radical (unpaired) electrons. The van der Waals surface area contributed by atoms with E-state index < -0.39 is 5.82 Å². The van der Waals surface area contributed by atoms with Crippen LogP contribution in [-0.4, -0.2) is 11.8 Å². The van der Waals surface area contributed by atoms with Gasteiger partial charge in [-0.3, -0.25) is 9.59 Å². The van der Waals surface area contributed by atoms with Crippen LogP contribution in [0.25, 0.3) is 0 Å². The molecule has 2 amide bonds. The second kappa shape index (κ2) is 5.29. The Labute approximate surface area is 128 Å². The summed E-state index contributed by atoms with van der Waals surface area (Å²) in [5.74, 6) is -0.796. The molecule has 0 fully saturated rings. The summed E-state index contributed by atoms with van der Waals surface area (Å²) in [5, 5.41) is 5.38. The normalized spacial score (nSPS) is 12.8. The number of benzene rings is 2. The van der Waals surface area contributed by atoms with Gasteiger partial charge in [-0.15, -0.1) is 0 Å². The first-order valence-electron chi connectivity index (χ1n) is 6.22. The summed E-state index contributed by atoms with van der Waals surface area (Å²) in [6, 6.07) is 9.28. The lowest BCUT2D eigenvalue weighted by Crippen LogP contribution is -2.12. The van der Waals surface area contributed by atoms with Crippen LogP contribution in [0.1, 0.15) is 15.9 Å². The molecule has 106 valence electrons. The number of halogens is 2. The molecule has 21 heavy (non-hydrogen) atoms. The molecular formula is C15H10BrFN2O2. The minimum Gasteiger partial charge on any atom is -0.326 e. The van der Waals surface area contributed by atoms with E-state index in [4.69, 9.17) is 0 Å². The molecule has 6 heteroatoms. The van der Waals surface area contributed by atoms with Crippen LogP contribution in [0.15, 0.2) is 40.9 Å². The monoisotopic (exact) mass is 348 g/mol. The number of hydrogen-bond acceptors (Lipinski definition) is 2. The van der Waals surface area contributed by atoms with Crippen LogP contribution in [0.5, 0.6) is 0 Å². The van der Waals surface area contributed by atoms with Gasteiger partial charge in [-0.05, 0) is 51.8 Å². The van der Waals surface area contributed by atoms with Crippen molar-refractivity contribution < 1.29 is 14.0 Å². The maximum Gasteiger partial charge on any atom is 0.255 e. The van der Waals surface area contributed by atoms with Crippen LogP contribution in [-0.2, 0) is 11.2 Å². The van der Waals surface area contributed by atoms with E-state index in [-0.39, 0.29) is 16.3 Å². The van der Waals surface area contributed by atoms with Crippen LogP contribution in [0.2, 0.25) is 0 Å². The summed E-state index contributed by atoms with van der Waals surface area (Å²) in [6.45, 7) is 0. The second-order valence-corrected chi connectivity index (χ2v) is 5.53. The molecule has 0 aliphatic carbocycles. The molecular weight excluding hydrogens is 339 g/mol. The van der Waals surface area contributed by atoms with Gasteiger partial charge in [0.15, 0.2) is 0 Å². The third kappa shape index (κ3) is 2.80. The Bertz CT molecular complexity index is 761. The molecule has 0 bridgehead atoms. The lowest BCUT2D eigenvalue weighted by molar-refractivity contribution is -0.115. The minimum atomic E-state index is -0.395. The molecule has 1 aliphatic rings. The number of carbonyl (C=O) groups excluding carboxylic acids is 2. The van der Waals surface area contributed by atoms with Gasteiger partial charge < -0.3 is 10.6 Å². The smallest absolute Gasteiger partial charge is 0.255 e. The minimum absolute atomic E-state index is 0.0787. The van der Waals surface area contributed by atoms with Gasteiger partial charge in [0.2, 0.25) is 5.91 Å². The van der Waals surface area contributed by atoms with Gasteiger partial charge in [-0.1, -0.05) is 6.07 Å². The number of amides is 2. The van der Waals surface area contributed by atoms with Crippen LogP contribution >= 0.6 is 15.9 Å². The van der Waals surface area contributed by atoms with E-state index in [1.54, 1.807) is 18.2 Å². The Kier molecular flexibility index (Phi) is 3.47. The zero-order chi connectivity index (χ0) is 15.0. The molecule has 2 N–H and O–H groups in total. The van der Waals surface area contributed by atoms with Crippen molar-refractivity contribution in [2.45, 2.75) is 6.42 Å². The van der Waals surface area contributed by atoms with Gasteiger partial charge in [-0.2, -0.15) is 0 Å². The van der Waals surface area contributed by atoms with Crippen molar-refractivity contribution in [1.29, 1.82) is 0 Å². The molecule has 4 nitrogen and oxygen atoms in total. The maximum atomic E-state index is 13.1. The summed E-state index contributed by atoms with van der Waals surface area (Å²) < 4.78 is 13.4. The van der Waals surface area contributed by atoms with Crippen molar-refractivity contribution in [3.8, 4) is 0 Å². The van der Waals surface area contributed by atoms with Gasteiger partial charge in [0.25, 0.3) is 5.91 Å². The second-order valence-electron chi connectivity index (χ2n) is 4.68. The number of anilines is 2. The summed E-state index contributed by atoms with van der Waals surface area (Å²) in [7, 11) is 0. The molecule has 0 saturated carbocycles. The largest absolute Gasteiger partial charge is 0.326 e. The molecule has 0 aromatic heterocycles. The molecule has 2 aromatic carbocycles. The fourth-order valence-electron chi connectivity index (χ4n) is 2.13. The van der Waals surface area contributed by atoms with E-state index >= 15 is 0 Å². The van der Waals surface area contributed by atoms with Gasteiger partial charge in [0, 0.05) is 16.9 Å². The lowest BCUT2D eigenvalue weighted by Gasteiger charge is -2.07. The van der Waals surface area contributed by atoms with Crippen molar-refractivity contribution in [2.75, 3.05) is 10.6 Å². The standard InChI is InChI=1S/C15H10BrFN2O2/c16-11-7-10(3-4-12(11)17)18-15(21)9-2-1-8-6-14(20)19-13(8)5-9/h1-5,7H,6H2,(H,18,21)(H,19,20). The van der Waals surface area contributed by atoms with Crippen LogP contribution in [0.4, 0.5) is 15.8 Å². The van der Waals surface area contributed by atoms with E-state index in [1.165, 1.54) is 18.2 Å².